The molecule has 6 heteroatoms. The molecule has 0 bridgehead atoms. The van der Waals surface area contributed by atoms with Gasteiger partial charge in [0.2, 0.25) is 0 Å². The Morgan fingerprint density at radius 3 is 2.89 bits per heavy atom. The van der Waals surface area contributed by atoms with E-state index in [4.69, 9.17) is 20.9 Å². The van der Waals surface area contributed by atoms with E-state index in [1.165, 1.54) is 0 Å². The van der Waals surface area contributed by atoms with Crippen LogP contribution < -0.4 is 4.74 Å². The number of methoxy groups -OCH3 is 1. The van der Waals surface area contributed by atoms with Crippen LogP contribution in [0.3, 0.4) is 0 Å². The van der Waals surface area contributed by atoms with Crippen molar-refractivity contribution in [2.75, 3.05) is 7.11 Å². The maximum Gasteiger partial charge on any atom is 0.189 e. The van der Waals surface area contributed by atoms with Crippen molar-refractivity contribution in [1.29, 1.82) is 0 Å². The Kier molecular flexibility index (Phi) is 2.48. The Balaban J connectivity index is 2.24. The van der Waals surface area contributed by atoms with E-state index in [1.807, 2.05) is 19.3 Å². The summed E-state index contributed by atoms with van der Waals surface area (Å²) in [5, 5.41) is 9.43. The molecule has 2 aromatic heterocycles. The molecule has 0 saturated carbocycles. The smallest absolute Gasteiger partial charge is 0.189 e. The van der Waals surface area contributed by atoms with Gasteiger partial charge in [-0.1, -0.05) is 16.8 Å². The summed E-state index contributed by atoms with van der Waals surface area (Å²) in [6.07, 6.45) is 3.60. The van der Waals surface area contributed by atoms with Gasteiger partial charge in [0.15, 0.2) is 5.58 Å². The molecule has 5 nitrogen and oxygen atoms in total. The minimum Gasteiger partial charge on any atom is -0.495 e. The number of aryl methyl sites for hydroxylation is 1. The van der Waals surface area contributed by atoms with Crippen LogP contribution in [0.1, 0.15) is 0 Å². The van der Waals surface area contributed by atoms with E-state index in [1.54, 1.807) is 24.1 Å². The van der Waals surface area contributed by atoms with Gasteiger partial charge in [-0.25, -0.2) is 0 Å². The predicted octanol–water partition coefficient (Wildman–Crippen LogP) is 2.89. The molecular weight excluding hydrogens is 254 g/mol. The predicted molar refractivity (Wildman–Crippen MR) is 67.8 cm³/mol. The number of benzene rings is 1. The molecule has 0 fully saturated rings. The van der Waals surface area contributed by atoms with Crippen LogP contribution in [-0.4, -0.2) is 22.0 Å². The van der Waals surface area contributed by atoms with Crippen LogP contribution >= 0.6 is 11.6 Å². The van der Waals surface area contributed by atoms with E-state index in [0.717, 1.165) is 16.6 Å². The first-order chi connectivity index (χ1) is 8.70. The number of rotatable bonds is 2. The summed E-state index contributed by atoms with van der Waals surface area (Å²) in [4.78, 5) is 0. The molecule has 0 atom stereocenters. The zero-order chi connectivity index (χ0) is 12.7. The fraction of sp³-hybridized carbons (Fsp3) is 0.167. The Hall–Kier alpha value is -2.01. The van der Waals surface area contributed by atoms with Gasteiger partial charge in [-0.2, -0.15) is 5.10 Å². The molecule has 3 aromatic rings. The molecule has 0 unspecified atom stereocenters. The van der Waals surface area contributed by atoms with Gasteiger partial charge in [-0.15, -0.1) is 0 Å². The van der Waals surface area contributed by atoms with Gasteiger partial charge in [0.05, 0.1) is 18.7 Å². The maximum atomic E-state index is 6.17. The van der Waals surface area contributed by atoms with E-state index in [-0.39, 0.29) is 0 Å². The van der Waals surface area contributed by atoms with E-state index in [0.29, 0.717) is 16.4 Å². The zero-order valence-corrected chi connectivity index (χ0v) is 10.6. The third kappa shape index (κ3) is 1.55. The van der Waals surface area contributed by atoms with Gasteiger partial charge in [0.1, 0.15) is 16.5 Å². The second-order valence-corrected chi connectivity index (χ2v) is 4.27. The van der Waals surface area contributed by atoms with Gasteiger partial charge in [0.25, 0.3) is 0 Å². The molecule has 92 valence electrons. The lowest BCUT2D eigenvalue weighted by atomic mass is 10.1. The number of hydrogen-bond acceptors (Lipinski definition) is 4. The Morgan fingerprint density at radius 2 is 2.22 bits per heavy atom. The van der Waals surface area contributed by atoms with Crippen molar-refractivity contribution in [1.82, 2.24) is 14.9 Å². The van der Waals surface area contributed by atoms with Crippen molar-refractivity contribution in [3.8, 4) is 17.0 Å². The van der Waals surface area contributed by atoms with Gasteiger partial charge in [-0.3, -0.25) is 4.68 Å². The number of fused-ring (bicyclic) bond motifs is 1. The molecule has 0 N–H and O–H groups in total. The van der Waals surface area contributed by atoms with Crippen LogP contribution in [0.5, 0.6) is 5.75 Å². The van der Waals surface area contributed by atoms with Gasteiger partial charge >= 0.3 is 0 Å². The summed E-state index contributed by atoms with van der Waals surface area (Å²) in [6.45, 7) is 0. The maximum absolute atomic E-state index is 6.17. The highest BCUT2D eigenvalue weighted by atomic mass is 35.5. The monoisotopic (exact) mass is 263 g/mol. The highest BCUT2D eigenvalue weighted by Crippen LogP contribution is 2.37. The SMILES string of the molecule is COc1ccc2c(-c3cnn(C)c3)noc2c1Cl. The zero-order valence-electron chi connectivity index (χ0n) is 9.85. The summed E-state index contributed by atoms with van der Waals surface area (Å²) in [6, 6.07) is 3.67. The quantitative estimate of drug-likeness (QED) is 0.713. The molecule has 0 radical (unpaired) electrons. The Morgan fingerprint density at radius 1 is 1.39 bits per heavy atom. The van der Waals surface area contributed by atoms with Crippen LogP contribution in [0.15, 0.2) is 29.0 Å². The Labute approximate surface area is 108 Å². The second kappa shape index (κ2) is 4.03. The van der Waals surface area contributed by atoms with E-state index in [9.17, 15) is 0 Å². The van der Waals surface area contributed by atoms with Gasteiger partial charge < -0.3 is 9.26 Å². The van der Waals surface area contributed by atoms with E-state index >= 15 is 0 Å². The highest BCUT2D eigenvalue weighted by Gasteiger charge is 2.16. The van der Waals surface area contributed by atoms with Gasteiger partial charge in [0, 0.05) is 18.8 Å². The number of aromatic nitrogens is 3. The first-order valence-electron chi connectivity index (χ1n) is 5.31. The molecule has 0 aliphatic heterocycles. The first-order valence-corrected chi connectivity index (χ1v) is 5.69. The van der Waals surface area contributed by atoms with Crippen molar-refractivity contribution in [3.05, 3.63) is 29.5 Å². The molecule has 0 spiro atoms. The molecule has 18 heavy (non-hydrogen) atoms. The number of halogens is 1. The van der Waals surface area contributed by atoms with Crippen molar-refractivity contribution in [3.63, 3.8) is 0 Å². The van der Waals surface area contributed by atoms with Crippen molar-refractivity contribution in [2.24, 2.45) is 7.05 Å². The lowest BCUT2D eigenvalue weighted by Gasteiger charge is -2.01. The molecule has 0 aliphatic rings. The topological polar surface area (TPSA) is 53.1 Å². The summed E-state index contributed by atoms with van der Waals surface area (Å²) >= 11 is 6.17. The van der Waals surface area contributed by atoms with Crippen molar-refractivity contribution in [2.45, 2.75) is 0 Å². The minimum atomic E-state index is 0.428. The van der Waals surface area contributed by atoms with Crippen LogP contribution in [0.25, 0.3) is 22.2 Å². The molecule has 2 heterocycles. The Bertz CT molecular complexity index is 717. The van der Waals surface area contributed by atoms with Crippen molar-refractivity contribution < 1.29 is 9.26 Å². The van der Waals surface area contributed by atoms with Crippen molar-refractivity contribution >= 4 is 22.6 Å². The van der Waals surface area contributed by atoms with Crippen LogP contribution in [0.2, 0.25) is 5.02 Å². The molecular formula is C12H10ClN3O2. The first kappa shape index (κ1) is 11.1. The molecule has 0 saturated heterocycles. The number of ether oxygens (including phenoxy) is 1. The summed E-state index contributed by atoms with van der Waals surface area (Å²) in [7, 11) is 3.41. The molecule has 0 aliphatic carbocycles. The number of hydrogen-bond donors (Lipinski definition) is 0. The summed E-state index contributed by atoms with van der Waals surface area (Å²) < 4.78 is 12.1. The lowest BCUT2D eigenvalue weighted by Crippen LogP contribution is -1.84. The van der Waals surface area contributed by atoms with Gasteiger partial charge in [-0.05, 0) is 12.1 Å². The standard InChI is InChI=1S/C12H10ClN3O2/c1-16-6-7(5-14-16)11-8-3-4-9(17-2)10(13)12(8)18-15-11/h3-6H,1-2H3. The normalized spacial score (nSPS) is 11.1. The summed E-state index contributed by atoms with van der Waals surface area (Å²) in [5.74, 6) is 0.568. The number of nitrogens with zero attached hydrogens (tertiary/aromatic N) is 3. The highest BCUT2D eigenvalue weighted by molar-refractivity contribution is 6.36. The third-order valence-corrected chi connectivity index (χ3v) is 3.10. The summed E-state index contributed by atoms with van der Waals surface area (Å²) in [5.41, 5.74) is 2.13. The second-order valence-electron chi connectivity index (χ2n) is 3.89. The minimum absolute atomic E-state index is 0.428. The average Bonchev–Trinajstić information content (AvgIpc) is 2.96. The fourth-order valence-electron chi connectivity index (χ4n) is 1.86. The van der Waals surface area contributed by atoms with Crippen LogP contribution in [0.4, 0.5) is 0 Å². The third-order valence-electron chi connectivity index (χ3n) is 2.74. The largest absolute Gasteiger partial charge is 0.495 e. The molecule has 1 aromatic carbocycles. The van der Waals surface area contributed by atoms with E-state index in [2.05, 4.69) is 10.3 Å². The average molecular weight is 264 g/mol. The lowest BCUT2D eigenvalue weighted by molar-refractivity contribution is 0.412. The fourth-order valence-corrected chi connectivity index (χ4v) is 2.14. The molecule has 0 amide bonds. The van der Waals surface area contributed by atoms with Crippen LogP contribution in [0, 0.1) is 0 Å². The van der Waals surface area contributed by atoms with E-state index < -0.39 is 0 Å². The van der Waals surface area contributed by atoms with Crippen LogP contribution in [-0.2, 0) is 7.05 Å². The molecule has 3 rings (SSSR count).